The quantitative estimate of drug-likeness (QED) is 0.485. The van der Waals surface area contributed by atoms with Crippen molar-refractivity contribution in [1.82, 2.24) is 4.98 Å². The van der Waals surface area contributed by atoms with E-state index in [1.807, 2.05) is 42.5 Å². The zero-order chi connectivity index (χ0) is 21.8. The first-order chi connectivity index (χ1) is 14.8. The molecule has 0 radical (unpaired) electrons. The number of hydrogen-bond acceptors (Lipinski definition) is 7. The van der Waals surface area contributed by atoms with Gasteiger partial charge < -0.3 is 20.6 Å². The third-order valence-electron chi connectivity index (χ3n) is 6.26. The number of nitrogens with two attached hydrogens (primary N) is 1. The molecule has 5 rings (SSSR count). The van der Waals surface area contributed by atoms with Crippen LogP contribution in [0.5, 0.6) is 0 Å². The van der Waals surface area contributed by atoms with Gasteiger partial charge in [-0.3, -0.25) is 9.11 Å². The number of hydrogen-bond donors (Lipinski definition) is 4. The fraction of sp³-hybridized carbons (Fsp3) is 0.348. The number of aliphatic hydroxyl groups is 1. The summed E-state index contributed by atoms with van der Waals surface area (Å²) in [4.78, 5) is 9.78. The van der Waals surface area contributed by atoms with E-state index >= 15 is 0 Å². The Morgan fingerprint density at radius 1 is 1.06 bits per heavy atom. The standard InChI is InChI=1S/C23H28N4O3S/c1-15-6-7-19-17(10-15)20(27-13-18(24)21(28)14-27)11-23(25-19)26-8-9-31(29,30)22-5-3-2-4-16(22)12-26/h2-7,10-11,18,21,28-30H,8-9,12-14,24H2,1H3/t18-,21-/m0/s1. The van der Waals surface area contributed by atoms with Crippen molar-refractivity contribution in [2.75, 3.05) is 35.2 Å². The minimum Gasteiger partial charge on any atom is -0.390 e. The van der Waals surface area contributed by atoms with Crippen LogP contribution in [0.3, 0.4) is 0 Å². The molecule has 0 amide bonds. The highest BCUT2D eigenvalue weighted by Gasteiger charge is 2.31. The number of nitrogens with zero attached hydrogens (tertiary/aromatic N) is 3. The summed E-state index contributed by atoms with van der Waals surface area (Å²) in [7, 11) is -2.84. The molecule has 1 aromatic heterocycles. The topological polar surface area (TPSA) is 106 Å². The zero-order valence-corrected chi connectivity index (χ0v) is 18.3. The lowest BCUT2D eigenvalue weighted by atomic mass is 10.1. The van der Waals surface area contributed by atoms with Gasteiger partial charge in [-0.05, 0) is 30.7 Å². The lowest BCUT2D eigenvalue weighted by Crippen LogP contribution is -2.32. The first-order valence-electron chi connectivity index (χ1n) is 10.5. The predicted molar refractivity (Wildman–Crippen MR) is 126 cm³/mol. The Balaban J connectivity index is 1.60. The second kappa shape index (κ2) is 7.65. The minimum atomic E-state index is -2.84. The summed E-state index contributed by atoms with van der Waals surface area (Å²) in [6.07, 6.45) is -0.561. The van der Waals surface area contributed by atoms with Gasteiger partial charge in [0.1, 0.15) is 5.82 Å². The molecule has 0 spiro atoms. The van der Waals surface area contributed by atoms with Gasteiger partial charge >= 0.3 is 0 Å². The highest BCUT2D eigenvalue weighted by atomic mass is 32.3. The summed E-state index contributed by atoms with van der Waals surface area (Å²) in [5, 5.41) is 11.3. The van der Waals surface area contributed by atoms with Crippen LogP contribution in [0.1, 0.15) is 11.1 Å². The minimum absolute atomic E-state index is 0.264. The maximum atomic E-state index is 10.7. The SMILES string of the molecule is Cc1ccc2nc(N3CCS(O)(O)c4ccccc4C3)cc(N3C[C@H](N)[C@@H](O)C3)c2c1. The molecule has 0 saturated carbocycles. The Morgan fingerprint density at radius 3 is 2.65 bits per heavy atom. The number of benzene rings is 2. The van der Waals surface area contributed by atoms with Crippen molar-refractivity contribution < 1.29 is 14.2 Å². The van der Waals surface area contributed by atoms with Gasteiger partial charge in [-0.15, -0.1) is 0 Å². The molecule has 1 fully saturated rings. The Bertz CT molecular complexity index is 1130. The number of aliphatic hydroxyl groups excluding tert-OH is 1. The van der Waals surface area contributed by atoms with E-state index in [-0.39, 0.29) is 11.8 Å². The van der Waals surface area contributed by atoms with E-state index < -0.39 is 16.7 Å². The van der Waals surface area contributed by atoms with Crippen molar-refractivity contribution >= 4 is 33.0 Å². The van der Waals surface area contributed by atoms with E-state index in [0.717, 1.165) is 33.5 Å². The van der Waals surface area contributed by atoms with Gasteiger partial charge in [-0.1, -0.05) is 29.8 Å². The third-order valence-corrected chi connectivity index (χ3v) is 8.11. The van der Waals surface area contributed by atoms with E-state index in [1.54, 1.807) is 0 Å². The molecule has 0 bridgehead atoms. The maximum absolute atomic E-state index is 10.7. The maximum Gasteiger partial charge on any atom is 0.131 e. The summed E-state index contributed by atoms with van der Waals surface area (Å²) in [6, 6.07) is 15.5. The van der Waals surface area contributed by atoms with Gasteiger partial charge in [-0.2, -0.15) is 10.6 Å². The number of fused-ring (bicyclic) bond motifs is 2. The van der Waals surface area contributed by atoms with E-state index in [2.05, 4.69) is 22.8 Å². The predicted octanol–water partition coefficient (Wildman–Crippen LogP) is 3.18. The van der Waals surface area contributed by atoms with E-state index in [0.29, 0.717) is 31.1 Å². The molecule has 0 unspecified atom stereocenters. The van der Waals surface area contributed by atoms with Crippen molar-refractivity contribution in [3.8, 4) is 0 Å². The summed E-state index contributed by atoms with van der Waals surface area (Å²) >= 11 is 0. The van der Waals surface area contributed by atoms with Crippen molar-refractivity contribution in [2.45, 2.75) is 30.5 Å². The Labute approximate surface area is 183 Å². The Morgan fingerprint density at radius 2 is 1.87 bits per heavy atom. The molecule has 164 valence electrons. The first kappa shape index (κ1) is 20.5. The molecule has 7 nitrogen and oxygen atoms in total. The largest absolute Gasteiger partial charge is 0.390 e. The zero-order valence-electron chi connectivity index (χ0n) is 17.5. The second-order valence-corrected chi connectivity index (χ2v) is 10.7. The van der Waals surface area contributed by atoms with Gasteiger partial charge in [-0.25, -0.2) is 4.98 Å². The van der Waals surface area contributed by atoms with Gasteiger partial charge in [0.25, 0.3) is 0 Å². The molecule has 3 heterocycles. The molecule has 2 aromatic carbocycles. The van der Waals surface area contributed by atoms with Crippen LogP contribution in [0.25, 0.3) is 10.9 Å². The normalized spacial score (nSPS) is 24.2. The Hall–Kier alpha value is -2.36. The molecule has 1 saturated heterocycles. The smallest absolute Gasteiger partial charge is 0.131 e. The van der Waals surface area contributed by atoms with Crippen LogP contribution in [0.2, 0.25) is 0 Å². The lowest BCUT2D eigenvalue weighted by molar-refractivity contribution is 0.180. The summed E-state index contributed by atoms with van der Waals surface area (Å²) in [5.74, 6) is 1.05. The van der Waals surface area contributed by atoms with Crippen molar-refractivity contribution in [3.05, 3.63) is 59.7 Å². The van der Waals surface area contributed by atoms with E-state index in [9.17, 15) is 14.2 Å². The van der Waals surface area contributed by atoms with Gasteiger partial charge in [0, 0.05) is 49.4 Å². The molecule has 8 heteroatoms. The monoisotopic (exact) mass is 440 g/mol. The highest BCUT2D eigenvalue weighted by molar-refractivity contribution is 8.24. The van der Waals surface area contributed by atoms with Crippen LogP contribution < -0.4 is 15.5 Å². The fourth-order valence-corrected chi connectivity index (χ4v) is 6.07. The molecule has 3 aromatic rings. The molecule has 2 aliphatic heterocycles. The van der Waals surface area contributed by atoms with Crippen LogP contribution in [-0.4, -0.2) is 56.7 Å². The number of pyridine rings is 1. The fourth-order valence-electron chi connectivity index (χ4n) is 4.52. The highest BCUT2D eigenvalue weighted by Crippen LogP contribution is 2.51. The van der Waals surface area contributed by atoms with Crippen LogP contribution in [0, 0.1) is 6.92 Å². The molecule has 2 atom stereocenters. The second-order valence-electron chi connectivity index (χ2n) is 8.56. The van der Waals surface area contributed by atoms with Crippen molar-refractivity contribution in [1.29, 1.82) is 0 Å². The van der Waals surface area contributed by atoms with E-state index in [1.165, 1.54) is 0 Å². The number of rotatable bonds is 2. The van der Waals surface area contributed by atoms with Gasteiger partial charge in [0.15, 0.2) is 0 Å². The van der Waals surface area contributed by atoms with Crippen LogP contribution >= 0.6 is 10.6 Å². The third kappa shape index (κ3) is 3.75. The number of β-amino-alcohol motifs (C(OH)–C–C–N with tert-alkyl or cyclic N) is 1. The van der Waals surface area contributed by atoms with E-state index in [4.69, 9.17) is 10.7 Å². The molecule has 2 aliphatic rings. The summed E-state index contributed by atoms with van der Waals surface area (Å²) in [5.41, 5.74) is 10.0. The van der Waals surface area contributed by atoms with Crippen LogP contribution in [0.4, 0.5) is 11.5 Å². The molecule has 5 N–H and O–H groups in total. The molecule has 0 aliphatic carbocycles. The molecular formula is C23H28N4O3S. The summed E-state index contributed by atoms with van der Waals surface area (Å²) in [6.45, 7) is 4.16. The average molecular weight is 441 g/mol. The van der Waals surface area contributed by atoms with Crippen molar-refractivity contribution in [3.63, 3.8) is 0 Å². The lowest BCUT2D eigenvalue weighted by Gasteiger charge is -2.32. The average Bonchev–Trinajstić information content (AvgIpc) is 3.01. The first-order valence-corrected chi connectivity index (χ1v) is 12.2. The number of anilines is 2. The number of aromatic nitrogens is 1. The van der Waals surface area contributed by atoms with Crippen LogP contribution in [0.15, 0.2) is 53.4 Å². The molecular weight excluding hydrogens is 412 g/mol. The molecule has 31 heavy (non-hydrogen) atoms. The Kier molecular flexibility index (Phi) is 5.07. The van der Waals surface area contributed by atoms with Crippen LogP contribution in [-0.2, 0) is 6.54 Å². The summed E-state index contributed by atoms with van der Waals surface area (Å²) < 4.78 is 21.4. The van der Waals surface area contributed by atoms with Gasteiger partial charge in [0.05, 0.1) is 22.3 Å². The van der Waals surface area contributed by atoms with Crippen molar-refractivity contribution in [2.24, 2.45) is 5.73 Å². The van der Waals surface area contributed by atoms with Gasteiger partial charge in [0.2, 0.25) is 0 Å². The number of aryl methyl sites for hydroxylation is 1.